The van der Waals surface area contributed by atoms with E-state index < -0.39 is 6.10 Å². The zero-order valence-electron chi connectivity index (χ0n) is 9.81. The molecule has 0 aliphatic rings. The van der Waals surface area contributed by atoms with Crippen LogP contribution in [0.2, 0.25) is 10.0 Å². The van der Waals surface area contributed by atoms with Gasteiger partial charge in [-0.1, -0.05) is 53.5 Å². The van der Waals surface area contributed by atoms with E-state index in [1.807, 2.05) is 36.4 Å². The lowest BCUT2D eigenvalue weighted by Crippen LogP contribution is -2.00. The molecule has 0 amide bonds. The van der Waals surface area contributed by atoms with Crippen molar-refractivity contribution in [1.82, 2.24) is 0 Å². The highest BCUT2D eigenvalue weighted by Gasteiger charge is 2.09. The van der Waals surface area contributed by atoms with E-state index in [0.29, 0.717) is 11.4 Å². The van der Waals surface area contributed by atoms with Gasteiger partial charge in [0.25, 0.3) is 0 Å². The van der Waals surface area contributed by atoms with Crippen molar-refractivity contribution >= 4 is 23.2 Å². The van der Waals surface area contributed by atoms with Gasteiger partial charge in [-0.2, -0.15) is 0 Å². The molecule has 0 aliphatic heterocycles. The Bertz CT molecular complexity index is 525. The molecule has 0 spiro atoms. The standard InChI is InChI=1S/C15H14Cl2O/c16-13-6-3-5-12(10-13)15(18)9-8-11-4-1-2-7-14(11)17/h1-7,10,15,18H,8-9H2. The Morgan fingerprint density at radius 3 is 2.50 bits per heavy atom. The first-order valence-corrected chi connectivity index (χ1v) is 6.59. The molecule has 0 saturated carbocycles. The molecule has 18 heavy (non-hydrogen) atoms. The summed E-state index contributed by atoms with van der Waals surface area (Å²) >= 11 is 12.0. The first kappa shape index (κ1) is 13.4. The van der Waals surface area contributed by atoms with Gasteiger partial charge in [-0.15, -0.1) is 0 Å². The van der Waals surface area contributed by atoms with Gasteiger partial charge in [0, 0.05) is 10.0 Å². The summed E-state index contributed by atoms with van der Waals surface area (Å²) in [5, 5.41) is 11.5. The maximum Gasteiger partial charge on any atom is 0.0793 e. The lowest BCUT2D eigenvalue weighted by molar-refractivity contribution is 0.168. The maximum absolute atomic E-state index is 10.1. The first-order chi connectivity index (χ1) is 8.66. The molecular weight excluding hydrogens is 267 g/mol. The molecule has 0 saturated heterocycles. The number of rotatable bonds is 4. The largest absolute Gasteiger partial charge is 0.388 e. The van der Waals surface area contributed by atoms with Gasteiger partial charge in [-0.3, -0.25) is 0 Å². The molecule has 1 nitrogen and oxygen atoms in total. The average Bonchev–Trinajstić information content (AvgIpc) is 2.37. The molecule has 0 fully saturated rings. The summed E-state index contributed by atoms with van der Waals surface area (Å²) in [5.41, 5.74) is 1.90. The van der Waals surface area contributed by atoms with Gasteiger partial charge in [0.15, 0.2) is 0 Å². The summed E-state index contributed by atoms with van der Waals surface area (Å²) in [5.74, 6) is 0. The van der Waals surface area contributed by atoms with E-state index in [0.717, 1.165) is 22.6 Å². The Morgan fingerprint density at radius 2 is 1.78 bits per heavy atom. The van der Waals surface area contributed by atoms with Gasteiger partial charge in [-0.25, -0.2) is 0 Å². The molecule has 0 bridgehead atoms. The fraction of sp³-hybridized carbons (Fsp3) is 0.200. The van der Waals surface area contributed by atoms with Crippen LogP contribution in [-0.2, 0) is 6.42 Å². The van der Waals surface area contributed by atoms with Crippen LogP contribution in [0.5, 0.6) is 0 Å². The predicted octanol–water partition coefficient (Wildman–Crippen LogP) is 4.66. The zero-order valence-corrected chi connectivity index (χ0v) is 11.3. The molecule has 1 N–H and O–H groups in total. The van der Waals surface area contributed by atoms with Crippen LogP contribution in [0.3, 0.4) is 0 Å². The molecule has 2 rings (SSSR count). The summed E-state index contributed by atoms with van der Waals surface area (Å²) in [6.07, 6.45) is 0.859. The van der Waals surface area contributed by atoms with E-state index in [-0.39, 0.29) is 0 Å². The van der Waals surface area contributed by atoms with E-state index in [2.05, 4.69) is 0 Å². The second-order valence-corrected chi connectivity index (χ2v) is 5.04. The Hall–Kier alpha value is -1.02. The van der Waals surface area contributed by atoms with Crippen LogP contribution in [0.15, 0.2) is 48.5 Å². The quantitative estimate of drug-likeness (QED) is 0.864. The van der Waals surface area contributed by atoms with Crippen LogP contribution in [-0.4, -0.2) is 5.11 Å². The molecule has 1 atom stereocenters. The third-order valence-corrected chi connectivity index (χ3v) is 3.48. The van der Waals surface area contributed by atoms with Crippen molar-refractivity contribution in [2.24, 2.45) is 0 Å². The third kappa shape index (κ3) is 3.49. The highest BCUT2D eigenvalue weighted by Crippen LogP contribution is 2.24. The Morgan fingerprint density at radius 1 is 1.00 bits per heavy atom. The lowest BCUT2D eigenvalue weighted by Gasteiger charge is -2.11. The normalized spacial score (nSPS) is 12.4. The minimum Gasteiger partial charge on any atom is -0.388 e. The number of aliphatic hydroxyl groups is 1. The van der Waals surface area contributed by atoms with Gasteiger partial charge in [0.05, 0.1) is 6.10 Å². The van der Waals surface area contributed by atoms with Crippen molar-refractivity contribution in [3.8, 4) is 0 Å². The molecule has 1 unspecified atom stereocenters. The van der Waals surface area contributed by atoms with E-state index in [4.69, 9.17) is 23.2 Å². The van der Waals surface area contributed by atoms with Gasteiger partial charge < -0.3 is 5.11 Å². The lowest BCUT2D eigenvalue weighted by atomic mass is 10.0. The zero-order chi connectivity index (χ0) is 13.0. The minimum absolute atomic E-state index is 0.514. The van der Waals surface area contributed by atoms with E-state index in [1.165, 1.54) is 0 Å². The molecule has 2 aromatic rings. The Kier molecular flexibility index (Phi) is 4.65. The minimum atomic E-state index is -0.514. The molecule has 3 heteroatoms. The van der Waals surface area contributed by atoms with Crippen molar-refractivity contribution in [2.45, 2.75) is 18.9 Å². The van der Waals surface area contributed by atoms with Gasteiger partial charge in [0.1, 0.15) is 0 Å². The average molecular weight is 281 g/mol. The third-order valence-electron chi connectivity index (χ3n) is 2.88. The number of hydrogen-bond donors (Lipinski definition) is 1. The number of aliphatic hydroxyl groups excluding tert-OH is 1. The number of benzene rings is 2. The fourth-order valence-electron chi connectivity index (χ4n) is 1.87. The van der Waals surface area contributed by atoms with Crippen molar-refractivity contribution in [1.29, 1.82) is 0 Å². The van der Waals surface area contributed by atoms with Crippen molar-refractivity contribution < 1.29 is 5.11 Å². The van der Waals surface area contributed by atoms with Crippen molar-refractivity contribution in [3.05, 3.63) is 69.7 Å². The van der Waals surface area contributed by atoms with E-state index in [9.17, 15) is 5.11 Å². The van der Waals surface area contributed by atoms with Gasteiger partial charge in [0.2, 0.25) is 0 Å². The molecule has 0 aromatic heterocycles. The summed E-state index contributed by atoms with van der Waals surface area (Å²) in [6.45, 7) is 0. The molecule has 0 aliphatic carbocycles. The van der Waals surface area contributed by atoms with Crippen LogP contribution in [0, 0.1) is 0 Å². The van der Waals surface area contributed by atoms with Crippen LogP contribution in [0.25, 0.3) is 0 Å². The van der Waals surface area contributed by atoms with Crippen LogP contribution in [0.4, 0.5) is 0 Å². The first-order valence-electron chi connectivity index (χ1n) is 5.84. The van der Waals surface area contributed by atoms with Crippen molar-refractivity contribution in [2.75, 3.05) is 0 Å². The van der Waals surface area contributed by atoms with Crippen LogP contribution < -0.4 is 0 Å². The maximum atomic E-state index is 10.1. The van der Waals surface area contributed by atoms with E-state index in [1.54, 1.807) is 12.1 Å². The Balaban J connectivity index is 2.00. The monoisotopic (exact) mass is 280 g/mol. The summed E-state index contributed by atoms with van der Waals surface area (Å²) in [7, 11) is 0. The summed E-state index contributed by atoms with van der Waals surface area (Å²) in [4.78, 5) is 0. The summed E-state index contributed by atoms with van der Waals surface area (Å²) in [6, 6.07) is 15.0. The SMILES string of the molecule is OC(CCc1ccccc1Cl)c1cccc(Cl)c1. The van der Waals surface area contributed by atoms with Crippen LogP contribution >= 0.6 is 23.2 Å². The fourth-order valence-corrected chi connectivity index (χ4v) is 2.30. The predicted molar refractivity (Wildman–Crippen MR) is 76.2 cm³/mol. The van der Waals surface area contributed by atoms with Gasteiger partial charge in [-0.05, 0) is 42.2 Å². The number of halogens is 2. The highest BCUT2D eigenvalue weighted by atomic mass is 35.5. The van der Waals surface area contributed by atoms with Crippen molar-refractivity contribution in [3.63, 3.8) is 0 Å². The number of aryl methyl sites for hydroxylation is 1. The van der Waals surface area contributed by atoms with Gasteiger partial charge >= 0.3 is 0 Å². The summed E-state index contributed by atoms with van der Waals surface area (Å²) < 4.78 is 0. The smallest absolute Gasteiger partial charge is 0.0793 e. The Labute approximate surface area is 117 Å². The molecular formula is C15H14Cl2O. The molecule has 94 valence electrons. The molecule has 0 heterocycles. The topological polar surface area (TPSA) is 20.2 Å². The molecule has 2 aromatic carbocycles. The van der Waals surface area contributed by atoms with Crippen LogP contribution in [0.1, 0.15) is 23.7 Å². The molecule has 0 radical (unpaired) electrons. The van der Waals surface area contributed by atoms with E-state index >= 15 is 0 Å². The number of hydrogen-bond acceptors (Lipinski definition) is 1. The second-order valence-electron chi connectivity index (χ2n) is 4.20. The highest BCUT2D eigenvalue weighted by molar-refractivity contribution is 6.31. The second kappa shape index (κ2) is 6.24.